The molecule has 0 heterocycles. The van der Waals surface area contributed by atoms with Gasteiger partial charge in [-0.3, -0.25) is 0 Å². The third-order valence-electron chi connectivity index (χ3n) is 2.49. The molecular formula is C8H6F13NaO3S. The first-order valence-corrected chi connectivity index (χ1v) is 6.98. The van der Waals surface area contributed by atoms with Crippen molar-refractivity contribution in [2.45, 2.75) is 42.9 Å². The van der Waals surface area contributed by atoms with Gasteiger partial charge in [0.05, 0.1) is 5.75 Å². The van der Waals surface area contributed by atoms with Crippen LogP contribution in [0, 0.1) is 0 Å². The van der Waals surface area contributed by atoms with E-state index in [1.54, 1.807) is 0 Å². The average Bonchev–Trinajstić information content (AvgIpc) is 2.35. The number of rotatable bonds is 7. The zero-order chi connectivity index (χ0) is 20.9. The Morgan fingerprint density at radius 3 is 1.27 bits per heavy atom. The Bertz CT molecular complexity index is 603. The summed E-state index contributed by atoms with van der Waals surface area (Å²) in [6, 6.07) is 0. The van der Waals surface area contributed by atoms with Crippen LogP contribution in [0.3, 0.4) is 0 Å². The second kappa shape index (κ2) is 7.44. The van der Waals surface area contributed by atoms with Crippen molar-refractivity contribution in [3.8, 4) is 0 Å². The summed E-state index contributed by atoms with van der Waals surface area (Å²) in [4.78, 5) is 0. The van der Waals surface area contributed by atoms with Gasteiger partial charge in [-0.15, -0.1) is 0 Å². The van der Waals surface area contributed by atoms with Crippen LogP contribution in [0.25, 0.3) is 0 Å². The zero-order valence-electron chi connectivity index (χ0n) is 13.3. The van der Waals surface area contributed by atoms with E-state index in [4.69, 9.17) is 0 Å². The Morgan fingerprint density at radius 1 is 0.692 bits per heavy atom. The number of halogens is 13. The van der Waals surface area contributed by atoms with Gasteiger partial charge in [0.2, 0.25) is 0 Å². The first-order valence-electron chi connectivity index (χ1n) is 5.41. The first-order chi connectivity index (χ1) is 10.5. The van der Waals surface area contributed by atoms with Gasteiger partial charge >= 0.3 is 65.5 Å². The molecule has 3 nitrogen and oxygen atoms in total. The molecule has 0 aromatic carbocycles. The molecule has 154 valence electrons. The summed E-state index contributed by atoms with van der Waals surface area (Å²) in [5.41, 5.74) is 0. The van der Waals surface area contributed by atoms with Gasteiger partial charge in [-0.2, -0.15) is 69.7 Å². The van der Waals surface area contributed by atoms with E-state index >= 15 is 0 Å². The molecule has 0 N–H and O–H groups in total. The van der Waals surface area contributed by atoms with Crippen LogP contribution >= 0.6 is 0 Å². The largest absolute Gasteiger partial charge is 1.00 e. The van der Waals surface area contributed by atoms with Crippen LogP contribution in [-0.2, 0) is 14.3 Å². The van der Waals surface area contributed by atoms with Gasteiger partial charge in [0, 0.05) is 0 Å². The van der Waals surface area contributed by atoms with Gasteiger partial charge in [0.1, 0.15) is 0 Å². The van der Waals surface area contributed by atoms with Crippen LogP contribution in [0.1, 0.15) is 8.35 Å². The van der Waals surface area contributed by atoms with Crippen molar-refractivity contribution in [3.63, 3.8) is 0 Å². The van der Waals surface area contributed by atoms with Crippen LogP contribution in [0.2, 0.25) is 0 Å². The molecule has 0 aliphatic carbocycles. The SMILES string of the molecule is CCS(=O)(=O)OC(F)(F)C(F)(F)C(F)(F)C(F)(F)C(F)(F)C(F)(F)F.[H-].[Na+]. The molecular weight excluding hydrogens is 446 g/mol. The third kappa shape index (κ3) is 4.35. The van der Waals surface area contributed by atoms with Gasteiger partial charge in [-0.05, 0) is 6.92 Å². The van der Waals surface area contributed by atoms with Crippen LogP contribution < -0.4 is 29.6 Å². The zero-order valence-corrected chi connectivity index (χ0v) is 15.1. The molecule has 0 fully saturated rings. The average molecular weight is 452 g/mol. The third-order valence-corrected chi connectivity index (χ3v) is 3.66. The van der Waals surface area contributed by atoms with Crippen molar-refractivity contribution >= 4 is 10.1 Å². The second-order valence-corrected chi connectivity index (χ2v) is 6.10. The quantitative estimate of drug-likeness (QED) is 0.331. The molecule has 0 aromatic heterocycles. The molecule has 0 saturated carbocycles. The summed E-state index contributed by atoms with van der Waals surface area (Å²) in [5.74, 6) is -33.5. The maximum absolute atomic E-state index is 13.0. The van der Waals surface area contributed by atoms with Gasteiger partial charge in [0.15, 0.2) is 0 Å². The van der Waals surface area contributed by atoms with Gasteiger partial charge in [-0.25, -0.2) is 0 Å². The van der Waals surface area contributed by atoms with Crippen molar-refractivity contribution in [1.29, 1.82) is 0 Å². The molecule has 0 unspecified atom stereocenters. The van der Waals surface area contributed by atoms with Crippen molar-refractivity contribution in [3.05, 3.63) is 0 Å². The monoisotopic (exact) mass is 452 g/mol. The van der Waals surface area contributed by atoms with Crippen molar-refractivity contribution in [2.75, 3.05) is 5.75 Å². The fraction of sp³-hybridized carbons (Fsp3) is 1.00. The minimum atomic E-state index is -8.11. The topological polar surface area (TPSA) is 43.4 Å². The molecule has 0 saturated heterocycles. The van der Waals surface area contributed by atoms with E-state index in [9.17, 15) is 65.5 Å². The molecule has 26 heavy (non-hydrogen) atoms. The maximum atomic E-state index is 13.0. The number of hydrogen-bond acceptors (Lipinski definition) is 3. The van der Waals surface area contributed by atoms with Gasteiger partial charge < -0.3 is 1.43 Å². The molecule has 0 aromatic rings. The normalized spacial score (nSPS) is 15.6. The van der Waals surface area contributed by atoms with E-state index < -0.39 is 51.8 Å². The van der Waals surface area contributed by atoms with Crippen molar-refractivity contribution in [1.82, 2.24) is 0 Å². The Labute approximate surface area is 159 Å². The Morgan fingerprint density at radius 2 is 1.00 bits per heavy atom. The second-order valence-electron chi connectivity index (χ2n) is 4.24. The first kappa shape index (κ1) is 28.2. The minimum absolute atomic E-state index is 0. The van der Waals surface area contributed by atoms with E-state index in [0.29, 0.717) is 6.92 Å². The summed E-state index contributed by atoms with van der Waals surface area (Å²) < 4.78 is 187. The van der Waals surface area contributed by atoms with E-state index in [1.165, 1.54) is 0 Å². The molecule has 0 radical (unpaired) electrons. The van der Waals surface area contributed by atoms with Gasteiger partial charge in [0.25, 0.3) is 10.1 Å². The Hall–Kier alpha value is -0.000000000000000444. The summed E-state index contributed by atoms with van der Waals surface area (Å²) >= 11 is 0. The van der Waals surface area contributed by atoms with Crippen LogP contribution in [0.5, 0.6) is 0 Å². The van der Waals surface area contributed by atoms with Crippen LogP contribution in [-0.4, -0.2) is 50.1 Å². The fourth-order valence-corrected chi connectivity index (χ4v) is 1.57. The van der Waals surface area contributed by atoms with Crippen molar-refractivity contribution in [2.24, 2.45) is 0 Å². The Kier molecular flexibility index (Phi) is 8.07. The summed E-state index contributed by atoms with van der Waals surface area (Å²) in [6.07, 6.45) is -14.6. The van der Waals surface area contributed by atoms with E-state index in [-0.39, 0.29) is 31.0 Å². The predicted octanol–water partition coefficient (Wildman–Crippen LogP) is 1.17. The maximum Gasteiger partial charge on any atom is 1.00 e. The van der Waals surface area contributed by atoms with E-state index in [2.05, 4.69) is 4.18 Å². The molecule has 0 rings (SSSR count). The van der Waals surface area contributed by atoms with Crippen molar-refractivity contribution < 1.29 is 101 Å². The smallest absolute Gasteiger partial charge is 1.00 e. The standard InChI is InChI=1S/C8H5F13O3S.Na.H/c1-2-25(22,23)24-8(20,21)6(15,16)4(11,12)3(9,10)5(13,14)7(17,18)19;;/h2H2,1H3;;/q;+1;-1. The fourth-order valence-electron chi connectivity index (χ4n) is 1.03. The summed E-state index contributed by atoms with van der Waals surface area (Å²) in [6.45, 7) is 0.439. The molecule has 0 aliphatic heterocycles. The summed E-state index contributed by atoms with van der Waals surface area (Å²) in [5, 5.41) is 0. The van der Waals surface area contributed by atoms with Crippen LogP contribution in [0.4, 0.5) is 57.1 Å². The molecule has 0 atom stereocenters. The molecule has 18 heteroatoms. The molecule has 0 bridgehead atoms. The molecule has 0 aliphatic rings. The molecule has 0 spiro atoms. The van der Waals surface area contributed by atoms with Gasteiger partial charge in [-0.1, -0.05) is 0 Å². The predicted molar refractivity (Wildman–Crippen MR) is 52.4 cm³/mol. The number of alkyl halides is 13. The van der Waals surface area contributed by atoms with E-state index in [1.807, 2.05) is 0 Å². The van der Waals surface area contributed by atoms with E-state index in [0.717, 1.165) is 0 Å². The Balaban J connectivity index is -0.00000288. The minimum Gasteiger partial charge on any atom is -1.00 e. The summed E-state index contributed by atoms with van der Waals surface area (Å²) in [7, 11) is -5.75. The van der Waals surface area contributed by atoms with Crippen LogP contribution in [0.15, 0.2) is 0 Å². The molecule has 0 amide bonds. The number of hydrogen-bond donors (Lipinski definition) is 0.